The number of hydrogen-bond acceptors (Lipinski definition) is 5. The number of piperidine rings is 1. The van der Waals surface area contributed by atoms with E-state index in [-0.39, 0.29) is 22.6 Å². The summed E-state index contributed by atoms with van der Waals surface area (Å²) in [5, 5.41) is 2.96. The van der Waals surface area contributed by atoms with Gasteiger partial charge >= 0.3 is 0 Å². The normalized spacial score (nSPS) is 15.5. The Labute approximate surface area is 190 Å². The first-order valence-electron chi connectivity index (χ1n) is 10.9. The topological polar surface area (TPSA) is 84.9 Å². The molecule has 2 aromatic carbocycles. The molecule has 0 radical (unpaired) electrons. The minimum Gasteiger partial charge on any atom is -0.496 e. The quantitative estimate of drug-likeness (QED) is 0.651. The molecule has 0 aliphatic carbocycles. The molecule has 0 unspecified atom stereocenters. The Hall–Kier alpha value is -2.58. The van der Waals surface area contributed by atoms with Crippen LogP contribution < -0.4 is 14.8 Å². The molecule has 32 heavy (non-hydrogen) atoms. The highest BCUT2D eigenvalue weighted by atomic mass is 32.2. The van der Waals surface area contributed by atoms with Gasteiger partial charge in [0.25, 0.3) is 0 Å². The lowest BCUT2D eigenvalue weighted by molar-refractivity contribution is -0.126. The number of carbonyl (C=O) groups is 1. The first-order valence-corrected chi connectivity index (χ1v) is 12.3. The molecule has 0 aromatic heterocycles. The number of methoxy groups -OCH3 is 2. The number of ether oxygens (including phenoxy) is 2. The van der Waals surface area contributed by atoms with Gasteiger partial charge in [0.15, 0.2) is 0 Å². The van der Waals surface area contributed by atoms with Gasteiger partial charge in [0, 0.05) is 31.1 Å². The SMILES string of the molecule is COc1ccccc1CNC(=O)C1CCN(S(=O)(=O)c2cc(C(C)C)ccc2OC)CC1. The van der Waals surface area contributed by atoms with E-state index in [1.54, 1.807) is 19.2 Å². The van der Waals surface area contributed by atoms with Crippen molar-refractivity contribution < 1.29 is 22.7 Å². The van der Waals surface area contributed by atoms with Gasteiger partial charge in [-0.1, -0.05) is 38.1 Å². The van der Waals surface area contributed by atoms with Gasteiger partial charge in [0.1, 0.15) is 16.4 Å². The number of amides is 1. The Morgan fingerprint density at radius 2 is 1.72 bits per heavy atom. The molecule has 0 atom stereocenters. The average molecular weight is 461 g/mol. The van der Waals surface area contributed by atoms with Crippen LogP contribution in [0, 0.1) is 5.92 Å². The maximum absolute atomic E-state index is 13.3. The number of sulfonamides is 1. The molecule has 0 spiro atoms. The number of nitrogens with one attached hydrogen (secondary N) is 1. The molecule has 0 saturated carbocycles. The minimum absolute atomic E-state index is 0.0626. The lowest BCUT2D eigenvalue weighted by Crippen LogP contribution is -2.43. The highest BCUT2D eigenvalue weighted by molar-refractivity contribution is 7.89. The summed E-state index contributed by atoms with van der Waals surface area (Å²) in [6, 6.07) is 12.8. The van der Waals surface area contributed by atoms with Crippen molar-refractivity contribution in [1.82, 2.24) is 9.62 Å². The number of nitrogens with zero attached hydrogens (tertiary/aromatic N) is 1. The van der Waals surface area contributed by atoms with Crippen LogP contribution in [-0.4, -0.2) is 45.9 Å². The lowest BCUT2D eigenvalue weighted by atomic mass is 9.97. The maximum atomic E-state index is 13.3. The van der Waals surface area contributed by atoms with Gasteiger partial charge in [-0.2, -0.15) is 4.31 Å². The molecule has 1 saturated heterocycles. The molecule has 3 rings (SSSR count). The molecule has 1 fully saturated rings. The van der Waals surface area contributed by atoms with Crippen molar-refractivity contribution in [2.45, 2.75) is 44.0 Å². The van der Waals surface area contributed by atoms with Gasteiger partial charge in [0.05, 0.1) is 14.2 Å². The Bertz CT molecular complexity index is 1040. The molecule has 1 amide bonds. The van der Waals surface area contributed by atoms with Gasteiger partial charge in [0.2, 0.25) is 15.9 Å². The first kappa shape index (κ1) is 24.1. The van der Waals surface area contributed by atoms with Gasteiger partial charge in [-0.25, -0.2) is 8.42 Å². The first-order chi connectivity index (χ1) is 15.3. The largest absolute Gasteiger partial charge is 0.496 e. The summed E-state index contributed by atoms with van der Waals surface area (Å²) in [4.78, 5) is 12.9. The van der Waals surface area contributed by atoms with Gasteiger partial charge < -0.3 is 14.8 Å². The van der Waals surface area contributed by atoms with Crippen molar-refractivity contribution in [3.05, 3.63) is 53.6 Å². The van der Waals surface area contributed by atoms with Crippen LogP contribution >= 0.6 is 0 Å². The van der Waals surface area contributed by atoms with E-state index >= 15 is 0 Å². The fourth-order valence-corrected chi connectivity index (χ4v) is 5.59. The fourth-order valence-electron chi connectivity index (χ4n) is 3.93. The van der Waals surface area contributed by atoms with Crippen molar-refractivity contribution in [2.75, 3.05) is 27.3 Å². The molecule has 1 heterocycles. The second kappa shape index (κ2) is 10.4. The smallest absolute Gasteiger partial charge is 0.246 e. The van der Waals surface area contributed by atoms with Crippen LogP contribution in [0.5, 0.6) is 11.5 Å². The van der Waals surface area contributed by atoms with Crippen molar-refractivity contribution >= 4 is 15.9 Å². The number of para-hydroxylation sites is 1. The number of benzene rings is 2. The molecular weight excluding hydrogens is 428 g/mol. The Morgan fingerprint density at radius 1 is 1.06 bits per heavy atom. The molecular formula is C24H32N2O5S. The molecule has 2 aromatic rings. The third-order valence-corrected chi connectivity index (χ3v) is 7.86. The van der Waals surface area contributed by atoms with Crippen LogP contribution in [0.3, 0.4) is 0 Å². The molecule has 1 N–H and O–H groups in total. The Kier molecular flexibility index (Phi) is 7.79. The van der Waals surface area contributed by atoms with E-state index in [1.807, 2.05) is 44.2 Å². The maximum Gasteiger partial charge on any atom is 0.246 e. The highest BCUT2D eigenvalue weighted by Gasteiger charge is 2.34. The van der Waals surface area contributed by atoms with Gasteiger partial charge in [-0.15, -0.1) is 0 Å². The van der Waals surface area contributed by atoms with Gasteiger partial charge in [-0.05, 0) is 42.5 Å². The van der Waals surface area contributed by atoms with Crippen LogP contribution in [-0.2, 0) is 21.4 Å². The predicted molar refractivity (Wildman–Crippen MR) is 123 cm³/mol. The van der Waals surface area contributed by atoms with E-state index < -0.39 is 10.0 Å². The van der Waals surface area contributed by atoms with Crippen LogP contribution in [0.25, 0.3) is 0 Å². The van der Waals surface area contributed by atoms with E-state index in [4.69, 9.17) is 9.47 Å². The number of hydrogen-bond donors (Lipinski definition) is 1. The summed E-state index contributed by atoms with van der Waals surface area (Å²) < 4.78 is 38.8. The van der Waals surface area contributed by atoms with Gasteiger partial charge in [-0.3, -0.25) is 4.79 Å². The second-order valence-electron chi connectivity index (χ2n) is 8.27. The standard InChI is InChI=1S/C24H32N2O5S/c1-17(2)19-9-10-22(31-4)23(15-19)32(28,29)26-13-11-18(12-14-26)24(27)25-16-20-7-5-6-8-21(20)30-3/h5-10,15,17-18H,11-14,16H2,1-4H3,(H,25,27). The predicted octanol–water partition coefficient (Wildman–Crippen LogP) is 3.54. The zero-order chi connectivity index (χ0) is 23.3. The van der Waals surface area contributed by atoms with E-state index in [1.165, 1.54) is 11.4 Å². The van der Waals surface area contributed by atoms with Crippen molar-refractivity contribution in [1.29, 1.82) is 0 Å². The van der Waals surface area contributed by atoms with Crippen LogP contribution in [0.2, 0.25) is 0 Å². The summed E-state index contributed by atoms with van der Waals surface area (Å²) in [5.74, 6) is 0.984. The highest BCUT2D eigenvalue weighted by Crippen LogP contribution is 2.32. The third-order valence-electron chi connectivity index (χ3n) is 5.94. The zero-order valence-corrected chi connectivity index (χ0v) is 19.9. The Morgan fingerprint density at radius 3 is 2.34 bits per heavy atom. The summed E-state index contributed by atoms with van der Waals surface area (Å²) in [5.41, 5.74) is 1.84. The van der Waals surface area contributed by atoms with Crippen LogP contribution in [0.4, 0.5) is 0 Å². The van der Waals surface area contributed by atoms with Crippen LogP contribution in [0.1, 0.15) is 43.7 Å². The van der Waals surface area contributed by atoms with Crippen LogP contribution in [0.15, 0.2) is 47.4 Å². The van der Waals surface area contributed by atoms with E-state index in [2.05, 4.69) is 5.32 Å². The molecule has 1 aliphatic heterocycles. The fraction of sp³-hybridized carbons (Fsp3) is 0.458. The lowest BCUT2D eigenvalue weighted by Gasteiger charge is -2.31. The van der Waals surface area contributed by atoms with Crippen molar-refractivity contribution in [3.8, 4) is 11.5 Å². The summed E-state index contributed by atoms with van der Waals surface area (Å²) >= 11 is 0. The molecule has 7 nitrogen and oxygen atoms in total. The van der Waals surface area contributed by atoms with Crippen molar-refractivity contribution in [3.63, 3.8) is 0 Å². The minimum atomic E-state index is -3.71. The molecule has 174 valence electrons. The zero-order valence-electron chi connectivity index (χ0n) is 19.1. The van der Waals surface area contributed by atoms with E-state index in [0.29, 0.717) is 38.2 Å². The second-order valence-corrected chi connectivity index (χ2v) is 10.2. The third kappa shape index (κ3) is 5.24. The van der Waals surface area contributed by atoms with E-state index in [0.717, 1.165) is 16.9 Å². The monoisotopic (exact) mass is 460 g/mol. The molecule has 8 heteroatoms. The van der Waals surface area contributed by atoms with Crippen molar-refractivity contribution in [2.24, 2.45) is 5.92 Å². The van der Waals surface area contributed by atoms with E-state index in [9.17, 15) is 13.2 Å². The number of rotatable bonds is 8. The number of carbonyl (C=O) groups excluding carboxylic acids is 1. The molecule has 0 bridgehead atoms. The summed E-state index contributed by atoms with van der Waals surface area (Å²) in [7, 11) is -0.640. The average Bonchev–Trinajstić information content (AvgIpc) is 2.82. The Balaban J connectivity index is 1.65. The molecule has 1 aliphatic rings. The summed E-state index contributed by atoms with van der Waals surface area (Å²) in [6.07, 6.45) is 0.951. The summed E-state index contributed by atoms with van der Waals surface area (Å²) in [6.45, 7) is 5.01.